The molecular weight excluding hydrogens is 483 g/mol. The van der Waals surface area contributed by atoms with Crippen molar-refractivity contribution in [1.82, 2.24) is 34.8 Å². The summed E-state index contributed by atoms with van der Waals surface area (Å²) in [5, 5.41) is 6.57. The topological polar surface area (TPSA) is 99.6 Å². The Morgan fingerprint density at radius 3 is 2.68 bits per heavy atom. The highest BCUT2D eigenvalue weighted by atomic mass is 19.2. The number of benzene rings is 2. The highest BCUT2D eigenvalue weighted by Gasteiger charge is 2.20. The van der Waals surface area contributed by atoms with E-state index in [1.165, 1.54) is 18.2 Å². The number of nitrogens with one attached hydrogen (secondary N) is 3. The van der Waals surface area contributed by atoms with E-state index in [0.717, 1.165) is 37.8 Å². The molecule has 0 spiro atoms. The summed E-state index contributed by atoms with van der Waals surface area (Å²) in [5.41, 5.74) is 2.47. The zero-order valence-corrected chi connectivity index (χ0v) is 19.8. The van der Waals surface area contributed by atoms with Gasteiger partial charge < -0.3 is 25.1 Å². The number of rotatable bonds is 7. The SMILES string of the molecule is Fc1cccc(CCn2cnc3c(NCc4nc5c(F)c(F)ccc5[nH]4)nc(N4CCNCC4)nc32)c1. The summed E-state index contributed by atoms with van der Waals surface area (Å²) < 4.78 is 43.3. The van der Waals surface area contributed by atoms with Crippen LogP contribution in [0.15, 0.2) is 42.7 Å². The van der Waals surface area contributed by atoms with Crippen LogP contribution in [0.3, 0.4) is 0 Å². The van der Waals surface area contributed by atoms with Crippen molar-refractivity contribution in [3.63, 3.8) is 0 Å². The molecule has 12 heteroatoms. The fourth-order valence-electron chi connectivity index (χ4n) is 4.49. The number of H-pyrrole nitrogens is 1. The third-order valence-electron chi connectivity index (χ3n) is 6.40. The molecule has 0 unspecified atom stereocenters. The van der Waals surface area contributed by atoms with E-state index in [0.29, 0.717) is 47.2 Å². The fourth-order valence-corrected chi connectivity index (χ4v) is 4.49. The van der Waals surface area contributed by atoms with Crippen LogP contribution in [0.5, 0.6) is 0 Å². The minimum Gasteiger partial charge on any atom is -0.361 e. The van der Waals surface area contributed by atoms with E-state index in [9.17, 15) is 13.2 Å². The van der Waals surface area contributed by atoms with Crippen molar-refractivity contribution in [2.24, 2.45) is 0 Å². The molecule has 4 heterocycles. The quantitative estimate of drug-likeness (QED) is 0.311. The Balaban J connectivity index is 1.31. The van der Waals surface area contributed by atoms with Crippen molar-refractivity contribution in [3.05, 3.63) is 71.6 Å². The summed E-state index contributed by atoms with van der Waals surface area (Å²) in [4.78, 5) is 23.4. The van der Waals surface area contributed by atoms with E-state index in [2.05, 4.69) is 30.5 Å². The molecule has 0 aliphatic carbocycles. The summed E-state index contributed by atoms with van der Waals surface area (Å²) >= 11 is 0. The Labute approximate surface area is 209 Å². The van der Waals surface area contributed by atoms with Gasteiger partial charge in [0.1, 0.15) is 17.2 Å². The van der Waals surface area contributed by atoms with Gasteiger partial charge in [-0.2, -0.15) is 9.97 Å². The van der Waals surface area contributed by atoms with E-state index in [1.54, 1.807) is 12.4 Å². The first-order chi connectivity index (χ1) is 18.0. The van der Waals surface area contributed by atoms with Crippen LogP contribution in [-0.2, 0) is 19.5 Å². The van der Waals surface area contributed by atoms with Crippen LogP contribution in [-0.4, -0.2) is 55.7 Å². The number of hydrogen-bond acceptors (Lipinski definition) is 7. The van der Waals surface area contributed by atoms with Gasteiger partial charge in [0.25, 0.3) is 0 Å². The molecule has 1 aliphatic rings. The van der Waals surface area contributed by atoms with E-state index in [-0.39, 0.29) is 17.9 Å². The van der Waals surface area contributed by atoms with E-state index < -0.39 is 11.6 Å². The minimum atomic E-state index is -0.984. The maximum absolute atomic E-state index is 14.1. The number of piperazine rings is 1. The first kappa shape index (κ1) is 23.2. The van der Waals surface area contributed by atoms with Gasteiger partial charge in [0.05, 0.1) is 18.4 Å². The number of anilines is 2. The summed E-state index contributed by atoms with van der Waals surface area (Å²) in [5.74, 6) is -0.684. The molecule has 1 saturated heterocycles. The molecule has 2 aromatic carbocycles. The zero-order valence-electron chi connectivity index (χ0n) is 19.8. The molecule has 0 atom stereocenters. The number of aromatic nitrogens is 6. The average molecular weight is 508 g/mol. The summed E-state index contributed by atoms with van der Waals surface area (Å²) in [6, 6.07) is 9.05. The van der Waals surface area contributed by atoms with Crippen molar-refractivity contribution in [2.45, 2.75) is 19.5 Å². The molecule has 9 nitrogen and oxygen atoms in total. The molecule has 6 rings (SSSR count). The predicted octanol–water partition coefficient (Wildman–Crippen LogP) is 3.38. The molecule has 1 fully saturated rings. The van der Waals surface area contributed by atoms with Gasteiger partial charge in [0.2, 0.25) is 5.95 Å². The first-order valence-electron chi connectivity index (χ1n) is 12.0. The minimum absolute atomic E-state index is 0.0484. The number of nitrogens with zero attached hydrogens (tertiary/aromatic N) is 6. The number of fused-ring (bicyclic) bond motifs is 2. The lowest BCUT2D eigenvalue weighted by Gasteiger charge is -2.27. The zero-order chi connectivity index (χ0) is 25.4. The Bertz CT molecular complexity index is 1570. The Hall–Kier alpha value is -4.19. The van der Waals surface area contributed by atoms with Gasteiger partial charge in [-0.15, -0.1) is 0 Å². The number of imidazole rings is 2. The highest BCUT2D eigenvalue weighted by Crippen LogP contribution is 2.25. The molecule has 5 aromatic rings. The average Bonchev–Trinajstić information content (AvgIpc) is 3.53. The molecule has 0 radical (unpaired) electrons. The molecule has 3 aromatic heterocycles. The standard InChI is InChI=1S/C25H24F3N9/c26-16-3-1-2-15(12-16)6-9-37-14-31-22-23(34-25(35-24(22)37)36-10-7-29-8-11-36)30-13-19-32-18-5-4-17(27)20(28)21(18)33-19/h1-5,12,14,29H,6-11,13H2,(H,32,33)(H,30,34,35). The summed E-state index contributed by atoms with van der Waals surface area (Å²) in [6.45, 7) is 3.92. The number of hydrogen-bond donors (Lipinski definition) is 3. The van der Waals surface area contributed by atoms with Crippen LogP contribution >= 0.6 is 0 Å². The Morgan fingerprint density at radius 2 is 1.84 bits per heavy atom. The van der Waals surface area contributed by atoms with Crippen molar-refractivity contribution in [3.8, 4) is 0 Å². The van der Waals surface area contributed by atoms with Crippen LogP contribution in [0.2, 0.25) is 0 Å². The van der Waals surface area contributed by atoms with Gasteiger partial charge in [-0.05, 0) is 36.2 Å². The van der Waals surface area contributed by atoms with Gasteiger partial charge in [-0.1, -0.05) is 12.1 Å². The molecule has 37 heavy (non-hydrogen) atoms. The second-order valence-corrected chi connectivity index (χ2v) is 8.89. The maximum atomic E-state index is 14.1. The van der Waals surface area contributed by atoms with Crippen LogP contribution < -0.4 is 15.5 Å². The molecule has 0 amide bonds. The molecule has 0 saturated carbocycles. The fraction of sp³-hybridized carbons (Fsp3) is 0.280. The van der Waals surface area contributed by atoms with Gasteiger partial charge >= 0.3 is 0 Å². The predicted molar refractivity (Wildman–Crippen MR) is 134 cm³/mol. The van der Waals surface area contributed by atoms with E-state index >= 15 is 0 Å². The van der Waals surface area contributed by atoms with Gasteiger partial charge in [0.15, 0.2) is 28.6 Å². The van der Waals surface area contributed by atoms with Crippen LogP contribution in [0.4, 0.5) is 24.9 Å². The first-order valence-corrected chi connectivity index (χ1v) is 12.0. The van der Waals surface area contributed by atoms with Crippen molar-refractivity contribution in [1.29, 1.82) is 0 Å². The van der Waals surface area contributed by atoms with Crippen molar-refractivity contribution < 1.29 is 13.2 Å². The van der Waals surface area contributed by atoms with Crippen LogP contribution in [0, 0.1) is 17.5 Å². The summed E-state index contributed by atoms with van der Waals surface area (Å²) in [6.07, 6.45) is 2.31. The van der Waals surface area contributed by atoms with Gasteiger partial charge in [-0.25, -0.2) is 23.1 Å². The van der Waals surface area contributed by atoms with Crippen LogP contribution in [0.1, 0.15) is 11.4 Å². The highest BCUT2D eigenvalue weighted by molar-refractivity contribution is 5.84. The lowest BCUT2D eigenvalue weighted by atomic mass is 10.1. The van der Waals surface area contributed by atoms with Gasteiger partial charge in [0, 0.05) is 32.7 Å². The lowest BCUT2D eigenvalue weighted by Crippen LogP contribution is -2.44. The molecule has 0 bridgehead atoms. The monoisotopic (exact) mass is 507 g/mol. The Kier molecular flexibility index (Phi) is 6.08. The van der Waals surface area contributed by atoms with E-state index in [4.69, 9.17) is 9.97 Å². The van der Waals surface area contributed by atoms with Crippen molar-refractivity contribution in [2.75, 3.05) is 36.4 Å². The van der Waals surface area contributed by atoms with Crippen molar-refractivity contribution >= 4 is 34.0 Å². The lowest BCUT2D eigenvalue weighted by molar-refractivity contribution is 0.515. The third-order valence-corrected chi connectivity index (χ3v) is 6.40. The molecule has 3 N–H and O–H groups in total. The number of aromatic amines is 1. The smallest absolute Gasteiger partial charge is 0.229 e. The molecule has 190 valence electrons. The largest absolute Gasteiger partial charge is 0.361 e. The maximum Gasteiger partial charge on any atom is 0.229 e. The second-order valence-electron chi connectivity index (χ2n) is 8.89. The Morgan fingerprint density at radius 1 is 0.973 bits per heavy atom. The number of aryl methyl sites for hydroxylation is 2. The van der Waals surface area contributed by atoms with Crippen LogP contribution in [0.25, 0.3) is 22.2 Å². The van der Waals surface area contributed by atoms with Gasteiger partial charge in [-0.3, -0.25) is 0 Å². The number of halogens is 3. The third kappa shape index (κ3) is 4.67. The normalized spacial score (nSPS) is 14.1. The molecular formula is C25H24F3N9. The summed E-state index contributed by atoms with van der Waals surface area (Å²) in [7, 11) is 0. The second kappa shape index (κ2) is 9.69. The molecule has 1 aliphatic heterocycles. The van der Waals surface area contributed by atoms with E-state index in [1.807, 2.05) is 10.6 Å².